The quantitative estimate of drug-likeness (QED) is 0.387. The zero-order chi connectivity index (χ0) is 24.7. The van der Waals surface area contributed by atoms with E-state index < -0.39 is 5.97 Å². The molecule has 2 aromatic heterocycles. The predicted octanol–water partition coefficient (Wildman–Crippen LogP) is 2.42. The molecule has 0 aliphatic heterocycles. The number of nitrogens with one attached hydrogen (secondary N) is 1. The third-order valence-electron chi connectivity index (χ3n) is 5.79. The van der Waals surface area contributed by atoms with Crippen LogP contribution >= 0.6 is 0 Å². The number of aromatic amines is 1. The third-order valence-corrected chi connectivity index (χ3v) is 5.79. The molecule has 0 aliphatic rings. The molecule has 184 valence electrons. The molecule has 2 heterocycles. The minimum absolute atomic E-state index is 0.0234. The van der Waals surface area contributed by atoms with Crippen molar-refractivity contribution in [2.75, 3.05) is 19.8 Å². The number of tetrazole rings is 1. The van der Waals surface area contributed by atoms with E-state index in [4.69, 9.17) is 4.74 Å². The Morgan fingerprint density at radius 3 is 2.76 bits per heavy atom. The van der Waals surface area contributed by atoms with Gasteiger partial charge in [0.2, 0.25) is 0 Å². The van der Waals surface area contributed by atoms with Gasteiger partial charge in [-0.25, -0.2) is 4.68 Å². The highest BCUT2D eigenvalue weighted by atomic mass is 16.5. The molecule has 0 bridgehead atoms. The van der Waals surface area contributed by atoms with E-state index in [0.717, 1.165) is 34.9 Å². The van der Waals surface area contributed by atoms with Gasteiger partial charge in [0.15, 0.2) is 5.82 Å². The maximum absolute atomic E-state index is 13.0. The van der Waals surface area contributed by atoms with Crippen molar-refractivity contribution < 1.29 is 14.6 Å². The number of fused-ring (bicyclic) bond motifs is 1. The van der Waals surface area contributed by atoms with Gasteiger partial charge in [-0.2, -0.15) is 0 Å². The van der Waals surface area contributed by atoms with Crippen molar-refractivity contribution in [3.8, 4) is 0 Å². The number of rotatable bonds is 12. The summed E-state index contributed by atoms with van der Waals surface area (Å²) in [7, 11) is 0. The highest BCUT2D eigenvalue weighted by Crippen LogP contribution is 2.26. The Labute approximate surface area is 198 Å². The Hall–Kier alpha value is -3.11. The topological polar surface area (TPSA) is 126 Å². The first-order valence-electron chi connectivity index (χ1n) is 11.8. The van der Waals surface area contributed by atoms with Crippen LogP contribution in [0.1, 0.15) is 61.7 Å². The molecule has 3 aromatic rings. The zero-order valence-corrected chi connectivity index (χ0v) is 20.4. The fraction of sp³-hybridized carbons (Fsp3) is 0.542. The number of hydrogen-bond acceptors (Lipinski definition) is 8. The summed E-state index contributed by atoms with van der Waals surface area (Å²) in [5.41, 5.74) is 3.47. The normalized spacial score (nSPS) is 12.4. The number of ether oxygens (including phenoxy) is 1. The second-order valence-corrected chi connectivity index (χ2v) is 8.52. The SMILES string of the molecule is CCC[C@H](c1nnnn1CC(=O)OCC)N(CCCO)Cc1cc2cc(C)cc(C)c2[nH]c1=O. The monoisotopic (exact) mass is 470 g/mol. The fourth-order valence-electron chi connectivity index (χ4n) is 4.33. The number of nitrogens with zero attached hydrogens (tertiary/aromatic N) is 5. The average Bonchev–Trinajstić information content (AvgIpc) is 3.23. The molecule has 0 spiro atoms. The molecule has 0 amide bonds. The predicted molar refractivity (Wildman–Crippen MR) is 128 cm³/mol. The Balaban J connectivity index is 1.98. The molecule has 1 atom stereocenters. The summed E-state index contributed by atoms with van der Waals surface area (Å²) in [5, 5.41) is 22.5. The first-order valence-corrected chi connectivity index (χ1v) is 11.8. The van der Waals surface area contributed by atoms with Crippen LogP contribution in [0.4, 0.5) is 0 Å². The first kappa shape index (κ1) is 25.5. The lowest BCUT2D eigenvalue weighted by molar-refractivity contribution is -0.144. The second-order valence-electron chi connectivity index (χ2n) is 8.52. The largest absolute Gasteiger partial charge is 0.465 e. The van der Waals surface area contributed by atoms with E-state index in [9.17, 15) is 14.7 Å². The number of esters is 1. The minimum Gasteiger partial charge on any atom is -0.465 e. The van der Waals surface area contributed by atoms with Gasteiger partial charge in [-0.1, -0.05) is 25.0 Å². The van der Waals surface area contributed by atoms with E-state index in [1.807, 2.05) is 26.0 Å². The lowest BCUT2D eigenvalue weighted by Gasteiger charge is -2.30. The summed E-state index contributed by atoms with van der Waals surface area (Å²) in [6.45, 7) is 8.94. The molecule has 0 unspecified atom stereocenters. The smallest absolute Gasteiger partial charge is 0.327 e. The molecular formula is C24H34N6O4. The van der Waals surface area contributed by atoms with Crippen molar-refractivity contribution in [3.05, 3.63) is 51.1 Å². The molecule has 0 fully saturated rings. The van der Waals surface area contributed by atoms with Crippen molar-refractivity contribution in [1.29, 1.82) is 0 Å². The molecule has 10 nitrogen and oxygen atoms in total. The number of pyridine rings is 1. The van der Waals surface area contributed by atoms with Crippen LogP contribution in [0.3, 0.4) is 0 Å². The van der Waals surface area contributed by atoms with E-state index in [0.29, 0.717) is 30.9 Å². The van der Waals surface area contributed by atoms with Gasteiger partial charge in [0, 0.05) is 25.3 Å². The van der Waals surface area contributed by atoms with E-state index in [2.05, 4.69) is 38.4 Å². The number of H-pyrrole nitrogens is 1. The molecular weight excluding hydrogens is 436 g/mol. The number of hydrogen-bond donors (Lipinski definition) is 2. The first-order chi connectivity index (χ1) is 16.4. The zero-order valence-electron chi connectivity index (χ0n) is 20.4. The van der Waals surface area contributed by atoms with Gasteiger partial charge < -0.3 is 14.8 Å². The number of aliphatic hydroxyl groups excluding tert-OH is 1. The number of carbonyl (C=O) groups is 1. The molecule has 1 aromatic carbocycles. The summed E-state index contributed by atoms with van der Waals surface area (Å²) in [6.07, 6.45) is 2.10. The maximum Gasteiger partial charge on any atom is 0.327 e. The molecule has 0 radical (unpaired) electrons. The minimum atomic E-state index is -0.412. The average molecular weight is 471 g/mol. The van der Waals surface area contributed by atoms with Gasteiger partial charge in [-0.15, -0.1) is 5.10 Å². The fourth-order valence-corrected chi connectivity index (χ4v) is 4.33. The Morgan fingerprint density at radius 2 is 2.06 bits per heavy atom. The van der Waals surface area contributed by atoms with Gasteiger partial charge in [0.25, 0.3) is 5.56 Å². The second kappa shape index (κ2) is 11.8. The van der Waals surface area contributed by atoms with Crippen LogP contribution in [0.25, 0.3) is 10.9 Å². The van der Waals surface area contributed by atoms with E-state index in [1.54, 1.807) is 6.92 Å². The third kappa shape index (κ3) is 6.06. The number of carbonyl (C=O) groups excluding carboxylic acids is 1. The lowest BCUT2D eigenvalue weighted by Crippen LogP contribution is -2.34. The van der Waals surface area contributed by atoms with Crippen molar-refractivity contribution in [3.63, 3.8) is 0 Å². The van der Waals surface area contributed by atoms with Gasteiger partial charge >= 0.3 is 5.97 Å². The molecule has 0 saturated heterocycles. The van der Waals surface area contributed by atoms with Crippen molar-refractivity contribution in [2.24, 2.45) is 0 Å². The summed E-state index contributed by atoms with van der Waals surface area (Å²) < 4.78 is 6.52. The Kier molecular flexibility index (Phi) is 8.89. The van der Waals surface area contributed by atoms with Crippen molar-refractivity contribution in [2.45, 2.75) is 66.1 Å². The highest BCUT2D eigenvalue weighted by Gasteiger charge is 2.27. The summed E-state index contributed by atoms with van der Waals surface area (Å²) in [4.78, 5) is 30.2. The van der Waals surface area contributed by atoms with Crippen LogP contribution in [-0.4, -0.2) is 60.9 Å². The Bertz CT molecular complexity index is 1170. The molecule has 2 N–H and O–H groups in total. The highest BCUT2D eigenvalue weighted by molar-refractivity contribution is 5.82. The number of aryl methyl sites for hydroxylation is 2. The van der Waals surface area contributed by atoms with Gasteiger partial charge in [-0.3, -0.25) is 14.5 Å². The van der Waals surface area contributed by atoms with Gasteiger partial charge in [-0.05, 0) is 67.1 Å². The van der Waals surface area contributed by atoms with Crippen LogP contribution in [-0.2, 0) is 22.6 Å². The van der Waals surface area contributed by atoms with Gasteiger partial charge in [0.05, 0.1) is 18.2 Å². The molecule has 34 heavy (non-hydrogen) atoms. The lowest BCUT2D eigenvalue weighted by atomic mass is 10.0. The summed E-state index contributed by atoms with van der Waals surface area (Å²) >= 11 is 0. The Morgan fingerprint density at radius 1 is 1.26 bits per heavy atom. The molecule has 3 rings (SSSR count). The van der Waals surface area contributed by atoms with Crippen LogP contribution in [0.2, 0.25) is 0 Å². The number of aliphatic hydroxyl groups is 1. The summed E-state index contributed by atoms with van der Waals surface area (Å²) in [6, 6.07) is 5.80. The van der Waals surface area contributed by atoms with Crippen LogP contribution in [0.15, 0.2) is 23.0 Å². The van der Waals surface area contributed by atoms with Crippen LogP contribution in [0.5, 0.6) is 0 Å². The van der Waals surface area contributed by atoms with E-state index >= 15 is 0 Å². The van der Waals surface area contributed by atoms with Gasteiger partial charge in [0.1, 0.15) is 6.54 Å². The van der Waals surface area contributed by atoms with Crippen molar-refractivity contribution in [1.82, 2.24) is 30.1 Å². The van der Waals surface area contributed by atoms with E-state index in [-0.39, 0.29) is 31.4 Å². The van der Waals surface area contributed by atoms with Crippen LogP contribution in [0, 0.1) is 13.8 Å². The van der Waals surface area contributed by atoms with E-state index in [1.165, 1.54) is 4.68 Å². The maximum atomic E-state index is 13.0. The van der Waals surface area contributed by atoms with Crippen LogP contribution < -0.4 is 5.56 Å². The molecule has 0 aliphatic carbocycles. The molecule has 0 saturated carbocycles. The number of aromatic nitrogens is 5. The standard InChI is InChI=1S/C24H34N6O4/c1-5-8-20(23-26-27-28-30(23)15-21(32)34-6-2)29(9-7-10-31)14-19-13-18-12-16(3)11-17(4)22(18)25-24(19)33/h11-13,20,31H,5-10,14-15H2,1-4H3,(H,25,33)/t20-/m1/s1. The summed E-state index contributed by atoms with van der Waals surface area (Å²) in [5.74, 6) is 0.127. The molecule has 10 heteroatoms. The number of benzene rings is 1. The van der Waals surface area contributed by atoms with Crippen molar-refractivity contribution >= 4 is 16.9 Å².